The lowest BCUT2D eigenvalue weighted by Gasteiger charge is -2.23. The largest absolute Gasteiger partial charge is 0.504 e. The average Bonchev–Trinajstić information content (AvgIpc) is 2.76. The Morgan fingerprint density at radius 1 is 1.56 bits per heavy atom. The van der Waals surface area contributed by atoms with E-state index in [1.165, 1.54) is 7.11 Å². The number of methoxy groups -OCH3 is 1. The summed E-state index contributed by atoms with van der Waals surface area (Å²) in [5, 5.41) is 12.8. The molecule has 1 aromatic rings. The van der Waals surface area contributed by atoms with Gasteiger partial charge in [-0.05, 0) is 25.5 Å². The maximum absolute atomic E-state index is 12.1. The highest BCUT2D eigenvalue weighted by Gasteiger charge is 2.32. The molecule has 1 fully saturated rings. The molecule has 0 radical (unpaired) electrons. The first-order chi connectivity index (χ1) is 8.56. The molecule has 0 aromatic heterocycles. The third-order valence-corrected chi connectivity index (χ3v) is 3.10. The quantitative estimate of drug-likeness (QED) is 0.850. The van der Waals surface area contributed by atoms with E-state index in [1.54, 1.807) is 18.2 Å². The van der Waals surface area contributed by atoms with Crippen molar-refractivity contribution in [2.24, 2.45) is 0 Å². The zero-order valence-corrected chi connectivity index (χ0v) is 10.5. The molecule has 1 saturated heterocycles. The average molecular weight is 251 g/mol. The van der Waals surface area contributed by atoms with Gasteiger partial charge in [0.1, 0.15) is 0 Å². The van der Waals surface area contributed by atoms with Gasteiger partial charge < -0.3 is 19.9 Å². The van der Waals surface area contributed by atoms with Crippen LogP contribution < -0.4 is 10.1 Å². The summed E-state index contributed by atoms with van der Waals surface area (Å²) in [4.78, 5) is 12.1. The van der Waals surface area contributed by atoms with Crippen LogP contribution in [0.4, 0.5) is 0 Å². The van der Waals surface area contributed by atoms with Crippen molar-refractivity contribution in [1.29, 1.82) is 0 Å². The smallest absolute Gasteiger partial charge is 0.255 e. The monoisotopic (exact) mass is 251 g/mol. The van der Waals surface area contributed by atoms with Gasteiger partial charge in [0.05, 0.1) is 24.8 Å². The molecule has 0 bridgehead atoms. The fourth-order valence-electron chi connectivity index (χ4n) is 1.98. The number of hydrogen-bond acceptors (Lipinski definition) is 4. The maximum Gasteiger partial charge on any atom is 0.255 e. The van der Waals surface area contributed by atoms with Crippen molar-refractivity contribution in [2.45, 2.75) is 18.9 Å². The van der Waals surface area contributed by atoms with Crippen molar-refractivity contribution in [3.63, 3.8) is 0 Å². The second kappa shape index (κ2) is 4.86. The van der Waals surface area contributed by atoms with Crippen LogP contribution >= 0.6 is 0 Å². The van der Waals surface area contributed by atoms with Gasteiger partial charge >= 0.3 is 0 Å². The highest BCUT2D eigenvalue weighted by molar-refractivity contribution is 5.98. The second-order valence-corrected chi connectivity index (χ2v) is 4.67. The molecule has 0 saturated carbocycles. The highest BCUT2D eigenvalue weighted by atomic mass is 16.5. The van der Waals surface area contributed by atoms with E-state index < -0.39 is 0 Å². The van der Waals surface area contributed by atoms with Crippen LogP contribution in [0.2, 0.25) is 0 Å². The molecular weight excluding hydrogens is 234 g/mol. The zero-order chi connectivity index (χ0) is 13.2. The van der Waals surface area contributed by atoms with E-state index in [-0.39, 0.29) is 28.5 Å². The van der Waals surface area contributed by atoms with Gasteiger partial charge in [-0.3, -0.25) is 4.79 Å². The molecular formula is C13H17NO4. The molecule has 2 N–H and O–H groups in total. The van der Waals surface area contributed by atoms with Crippen LogP contribution in [0.1, 0.15) is 23.7 Å². The summed E-state index contributed by atoms with van der Waals surface area (Å²) < 4.78 is 10.2. The highest BCUT2D eigenvalue weighted by Crippen LogP contribution is 2.30. The van der Waals surface area contributed by atoms with Crippen LogP contribution in [0.25, 0.3) is 0 Å². The first-order valence-electron chi connectivity index (χ1n) is 5.82. The van der Waals surface area contributed by atoms with Gasteiger partial charge in [-0.15, -0.1) is 0 Å². The minimum absolute atomic E-state index is 0.139. The van der Waals surface area contributed by atoms with Crippen LogP contribution in [0.3, 0.4) is 0 Å². The molecule has 2 rings (SSSR count). The van der Waals surface area contributed by atoms with Gasteiger partial charge in [0.2, 0.25) is 0 Å². The van der Waals surface area contributed by atoms with E-state index in [0.29, 0.717) is 13.2 Å². The number of nitrogens with one attached hydrogen (secondary N) is 1. The van der Waals surface area contributed by atoms with Gasteiger partial charge in [0, 0.05) is 6.61 Å². The van der Waals surface area contributed by atoms with Gasteiger partial charge in [0.15, 0.2) is 11.5 Å². The Balaban J connectivity index is 2.18. The fraction of sp³-hybridized carbons (Fsp3) is 0.462. The van der Waals surface area contributed by atoms with Gasteiger partial charge in [-0.25, -0.2) is 0 Å². The molecule has 1 unspecified atom stereocenters. The number of hydrogen-bond donors (Lipinski definition) is 2. The molecule has 98 valence electrons. The third-order valence-electron chi connectivity index (χ3n) is 3.10. The molecule has 18 heavy (non-hydrogen) atoms. The van der Waals surface area contributed by atoms with E-state index in [0.717, 1.165) is 6.42 Å². The van der Waals surface area contributed by atoms with E-state index in [2.05, 4.69) is 5.32 Å². The Morgan fingerprint density at radius 2 is 2.33 bits per heavy atom. The van der Waals surface area contributed by atoms with Crippen molar-refractivity contribution in [2.75, 3.05) is 20.3 Å². The number of phenols is 1. The predicted octanol–water partition coefficient (Wildman–Crippen LogP) is 1.31. The van der Waals surface area contributed by atoms with Crippen molar-refractivity contribution in [3.05, 3.63) is 23.8 Å². The van der Waals surface area contributed by atoms with Crippen LogP contribution in [-0.4, -0.2) is 36.9 Å². The first-order valence-corrected chi connectivity index (χ1v) is 5.82. The number of para-hydroxylation sites is 1. The second-order valence-electron chi connectivity index (χ2n) is 4.67. The Kier molecular flexibility index (Phi) is 3.43. The first kappa shape index (κ1) is 12.7. The van der Waals surface area contributed by atoms with E-state index in [9.17, 15) is 9.90 Å². The van der Waals surface area contributed by atoms with E-state index in [4.69, 9.17) is 9.47 Å². The summed E-state index contributed by atoms with van der Waals surface area (Å²) in [5.74, 6) is -0.171. The summed E-state index contributed by atoms with van der Waals surface area (Å²) in [6.45, 7) is 3.06. The lowest BCUT2D eigenvalue weighted by atomic mass is 10.0. The molecule has 5 heteroatoms. The van der Waals surface area contributed by atoms with Crippen LogP contribution in [0.15, 0.2) is 18.2 Å². The van der Waals surface area contributed by atoms with Gasteiger partial charge in [0.25, 0.3) is 5.91 Å². The summed E-state index contributed by atoms with van der Waals surface area (Å²) >= 11 is 0. The summed E-state index contributed by atoms with van der Waals surface area (Å²) in [6, 6.07) is 4.83. The minimum atomic E-state index is -0.368. The van der Waals surface area contributed by atoms with Gasteiger partial charge in [-0.2, -0.15) is 0 Å². The topological polar surface area (TPSA) is 67.8 Å². The maximum atomic E-state index is 12.1. The molecule has 0 spiro atoms. The molecule has 1 atom stereocenters. The number of carbonyl (C=O) groups excluding carboxylic acids is 1. The lowest BCUT2D eigenvalue weighted by molar-refractivity contribution is 0.0886. The number of carbonyl (C=O) groups is 1. The summed E-state index contributed by atoms with van der Waals surface area (Å²) in [7, 11) is 1.45. The fourth-order valence-corrected chi connectivity index (χ4v) is 1.98. The van der Waals surface area contributed by atoms with Crippen molar-refractivity contribution in [1.82, 2.24) is 5.32 Å². The number of rotatable bonds is 3. The Morgan fingerprint density at radius 3 is 2.94 bits per heavy atom. The van der Waals surface area contributed by atoms with Crippen molar-refractivity contribution < 1.29 is 19.4 Å². The Bertz CT molecular complexity index is 452. The van der Waals surface area contributed by atoms with Gasteiger partial charge in [-0.1, -0.05) is 6.07 Å². The number of ether oxygens (including phenoxy) is 2. The molecule has 1 aliphatic heterocycles. The van der Waals surface area contributed by atoms with Crippen LogP contribution in [0.5, 0.6) is 11.5 Å². The molecule has 5 nitrogen and oxygen atoms in total. The molecule has 0 aliphatic carbocycles. The zero-order valence-electron chi connectivity index (χ0n) is 10.5. The van der Waals surface area contributed by atoms with E-state index in [1.807, 2.05) is 6.92 Å². The number of aromatic hydroxyl groups is 1. The normalized spacial score (nSPS) is 22.8. The molecule has 1 aliphatic rings. The number of benzene rings is 1. The van der Waals surface area contributed by atoms with E-state index >= 15 is 0 Å². The van der Waals surface area contributed by atoms with Crippen molar-refractivity contribution in [3.8, 4) is 11.5 Å². The Labute approximate surface area is 106 Å². The standard InChI is InChI=1S/C13H17NO4/c1-13(6-7-18-8-13)14-12(16)9-4-3-5-10(17-2)11(9)15/h3-5,15H,6-8H2,1-2H3,(H,14,16). The van der Waals surface area contributed by atoms with Crippen LogP contribution in [-0.2, 0) is 4.74 Å². The van der Waals surface area contributed by atoms with Crippen molar-refractivity contribution >= 4 is 5.91 Å². The van der Waals surface area contributed by atoms with Crippen LogP contribution in [0, 0.1) is 0 Å². The third kappa shape index (κ3) is 2.41. The summed E-state index contributed by atoms with van der Waals surface area (Å²) in [5.41, 5.74) is -0.158. The predicted molar refractivity (Wildman–Crippen MR) is 66.0 cm³/mol. The Hall–Kier alpha value is -1.75. The molecule has 1 amide bonds. The molecule has 1 aromatic carbocycles. The number of amides is 1. The number of phenolic OH excluding ortho intramolecular Hbond substituents is 1. The lowest BCUT2D eigenvalue weighted by Crippen LogP contribution is -2.46. The SMILES string of the molecule is COc1cccc(C(=O)NC2(C)CCOC2)c1O. The summed E-state index contributed by atoms with van der Waals surface area (Å²) in [6.07, 6.45) is 0.767. The minimum Gasteiger partial charge on any atom is -0.504 e. The molecule has 1 heterocycles.